The highest BCUT2D eigenvalue weighted by Gasteiger charge is 2.21. The summed E-state index contributed by atoms with van der Waals surface area (Å²) in [5.74, 6) is 0.676. The zero-order valence-electron chi connectivity index (χ0n) is 18.9. The van der Waals surface area contributed by atoms with E-state index in [1.165, 1.54) is 0 Å². The number of hydrogen-bond donors (Lipinski definition) is 1. The van der Waals surface area contributed by atoms with Crippen molar-refractivity contribution in [3.63, 3.8) is 0 Å². The van der Waals surface area contributed by atoms with Gasteiger partial charge in [0.15, 0.2) is 5.82 Å². The molecule has 0 atom stereocenters. The lowest BCUT2D eigenvalue weighted by Gasteiger charge is -2.13. The van der Waals surface area contributed by atoms with Crippen LogP contribution in [0.2, 0.25) is 0 Å². The van der Waals surface area contributed by atoms with Gasteiger partial charge in [0.25, 0.3) is 5.56 Å². The van der Waals surface area contributed by atoms with E-state index in [1.54, 1.807) is 22.1 Å². The maximum Gasteiger partial charge on any atom is 0.278 e. The molecule has 0 unspecified atom stereocenters. The molecule has 4 aromatic rings. The lowest BCUT2D eigenvalue weighted by molar-refractivity contribution is 0.914. The fourth-order valence-electron chi connectivity index (χ4n) is 4.26. The molecule has 0 fully saturated rings. The molecule has 0 bridgehead atoms. The van der Waals surface area contributed by atoms with Crippen molar-refractivity contribution in [2.75, 3.05) is 0 Å². The van der Waals surface area contributed by atoms with Crippen molar-refractivity contribution in [1.82, 2.24) is 19.5 Å². The van der Waals surface area contributed by atoms with Crippen LogP contribution in [0.4, 0.5) is 0 Å². The molecule has 1 N–H and O–H groups in total. The third-order valence-electron chi connectivity index (χ3n) is 5.98. The van der Waals surface area contributed by atoms with Crippen LogP contribution in [0, 0.1) is 0 Å². The van der Waals surface area contributed by atoms with E-state index in [9.17, 15) is 4.79 Å². The maximum absolute atomic E-state index is 13.5. The molecule has 0 aliphatic carbocycles. The molecular weight excluding hydrogens is 452 g/mol. The van der Waals surface area contributed by atoms with Crippen LogP contribution in [0.3, 0.4) is 0 Å². The largest absolute Gasteiger partial charge is 0.354 e. The predicted octanol–water partition coefficient (Wildman–Crippen LogP) is 5.97. The first kappa shape index (κ1) is 21.3. The van der Waals surface area contributed by atoms with Gasteiger partial charge in [0.1, 0.15) is 5.69 Å². The zero-order valence-corrected chi connectivity index (χ0v) is 19.7. The van der Waals surface area contributed by atoms with Crippen LogP contribution in [0.1, 0.15) is 21.8 Å². The van der Waals surface area contributed by atoms with Crippen molar-refractivity contribution in [2.45, 2.75) is 12.8 Å². The number of imidazole rings is 1. The van der Waals surface area contributed by atoms with Crippen molar-refractivity contribution in [3.8, 4) is 27.6 Å². The smallest absolute Gasteiger partial charge is 0.278 e. The molecule has 6 heteroatoms. The van der Waals surface area contributed by atoms with E-state index in [4.69, 9.17) is 4.98 Å². The highest BCUT2D eigenvalue weighted by atomic mass is 32.1. The van der Waals surface area contributed by atoms with Crippen LogP contribution in [-0.4, -0.2) is 19.5 Å². The Hall–Kier alpha value is -4.29. The van der Waals surface area contributed by atoms with Crippen LogP contribution in [0.25, 0.3) is 27.6 Å². The Balaban J connectivity index is 1.42. The second-order valence-corrected chi connectivity index (χ2v) is 9.56. The van der Waals surface area contributed by atoms with E-state index in [1.807, 2.05) is 72.9 Å². The lowest BCUT2D eigenvalue weighted by Crippen LogP contribution is -2.17. The molecule has 6 rings (SSSR count). The summed E-state index contributed by atoms with van der Waals surface area (Å²) in [7, 11) is 0. The molecule has 0 spiro atoms. The molecule has 5 nitrogen and oxygen atoms in total. The molecule has 0 saturated carbocycles. The number of rotatable bonds is 6. The number of fused-ring (bicyclic) bond motifs is 1. The summed E-state index contributed by atoms with van der Waals surface area (Å²) in [5.41, 5.74) is 5.40. The number of aromatic amines is 1. The monoisotopic (exact) mass is 474 g/mol. The molecule has 170 valence electrons. The van der Waals surface area contributed by atoms with Gasteiger partial charge < -0.3 is 4.98 Å². The number of nitrogens with zero attached hydrogens (tertiary/aromatic N) is 3. The SMILES string of the molecule is O=c1c(Cc2ccc(-c3ccccn3)s2)nc2c(Cc3ccccc3)[nH]c(-c3ccccc3)cn1-2. The molecular formula is C29H22N4OS. The van der Waals surface area contributed by atoms with Crippen molar-refractivity contribution < 1.29 is 0 Å². The molecule has 4 heterocycles. The number of aromatic nitrogens is 4. The number of pyridine rings is 1. The molecule has 0 saturated heterocycles. The van der Waals surface area contributed by atoms with Crippen LogP contribution in [-0.2, 0) is 12.8 Å². The van der Waals surface area contributed by atoms with E-state index in [-0.39, 0.29) is 5.56 Å². The van der Waals surface area contributed by atoms with Crippen LogP contribution in [0.15, 0.2) is 108 Å². The summed E-state index contributed by atoms with van der Waals surface area (Å²) in [6.45, 7) is 0. The van der Waals surface area contributed by atoms with E-state index in [0.717, 1.165) is 38.0 Å². The predicted molar refractivity (Wildman–Crippen MR) is 140 cm³/mol. The normalized spacial score (nSPS) is 11.2. The van der Waals surface area contributed by atoms with Gasteiger partial charge in [-0.3, -0.25) is 14.3 Å². The fraction of sp³-hybridized carbons (Fsp3) is 0.0690. The van der Waals surface area contributed by atoms with Crippen LogP contribution >= 0.6 is 11.3 Å². The maximum atomic E-state index is 13.5. The summed E-state index contributed by atoms with van der Waals surface area (Å²) >= 11 is 1.65. The number of H-pyrrole nitrogens is 1. The Labute approximate surface area is 206 Å². The highest BCUT2D eigenvalue weighted by molar-refractivity contribution is 7.15. The van der Waals surface area contributed by atoms with Crippen molar-refractivity contribution in [3.05, 3.63) is 136 Å². The van der Waals surface area contributed by atoms with Crippen LogP contribution in [0.5, 0.6) is 0 Å². The van der Waals surface area contributed by atoms with E-state index >= 15 is 0 Å². The van der Waals surface area contributed by atoms with Crippen LogP contribution < -0.4 is 5.56 Å². The van der Waals surface area contributed by atoms with Gasteiger partial charge in [0.2, 0.25) is 0 Å². The molecule has 2 aromatic heterocycles. The minimum atomic E-state index is -0.0757. The fourth-order valence-corrected chi connectivity index (χ4v) is 5.25. The number of nitrogens with one attached hydrogen (secondary N) is 1. The Kier molecular flexibility index (Phi) is 5.56. The molecule has 2 aliphatic heterocycles. The van der Waals surface area contributed by atoms with Gasteiger partial charge in [-0.2, -0.15) is 0 Å². The Morgan fingerprint density at radius 1 is 0.829 bits per heavy atom. The highest BCUT2D eigenvalue weighted by Crippen LogP contribution is 2.28. The molecule has 35 heavy (non-hydrogen) atoms. The average molecular weight is 475 g/mol. The number of hydrogen-bond acceptors (Lipinski definition) is 4. The first-order chi connectivity index (χ1) is 17.2. The van der Waals surface area contributed by atoms with Crippen molar-refractivity contribution >= 4 is 11.3 Å². The molecule has 2 aliphatic rings. The summed E-state index contributed by atoms with van der Waals surface area (Å²) in [5, 5.41) is 0. The van der Waals surface area contributed by atoms with Gasteiger partial charge in [-0.15, -0.1) is 11.3 Å². The summed E-state index contributed by atoms with van der Waals surface area (Å²) in [6, 6.07) is 30.3. The standard InChI is InChI=1S/C29H22N4OS/c34-29-25(18-22-14-15-27(35-22)23-13-7-8-16-30-23)32-28-24(17-20-9-3-1-4-10-20)31-26(19-33(28)29)21-11-5-2-6-12-21/h1-16,19,31H,17-18H2. The quantitative estimate of drug-likeness (QED) is 0.323. The Morgan fingerprint density at radius 3 is 2.37 bits per heavy atom. The molecule has 2 aromatic carbocycles. The van der Waals surface area contributed by atoms with Gasteiger partial charge in [-0.05, 0) is 35.4 Å². The number of benzene rings is 2. The van der Waals surface area contributed by atoms with Gasteiger partial charge in [-0.25, -0.2) is 4.98 Å². The second-order valence-electron chi connectivity index (χ2n) is 8.39. The van der Waals surface area contributed by atoms with E-state index < -0.39 is 0 Å². The number of thiophene rings is 1. The summed E-state index contributed by atoms with van der Waals surface area (Å²) in [6.07, 6.45) is 4.81. The Morgan fingerprint density at radius 2 is 1.60 bits per heavy atom. The average Bonchev–Trinajstić information content (AvgIpc) is 3.51. The topological polar surface area (TPSA) is 63.6 Å². The van der Waals surface area contributed by atoms with Crippen molar-refractivity contribution in [1.29, 1.82) is 0 Å². The second kappa shape index (κ2) is 9.16. The third-order valence-corrected chi connectivity index (χ3v) is 7.09. The minimum absolute atomic E-state index is 0.0757. The summed E-state index contributed by atoms with van der Waals surface area (Å²) < 4.78 is 1.69. The van der Waals surface area contributed by atoms with E-state index in [0.29, 0.717) is 24.4 Å². The third kappa shape index (κ3) is 4.32. The Bertz CT molecular complexity index is 1600. The first-order valence-electron chi connectivity index (χ1n) is 11.5. The molecule has 0 amide bonds. The minimum Gasteiger partial charge on any atom is -0.354 e. The van der Waals surface area contributed by atoms with Crippen molar-refractivity contribution in [2.24, 2.45) is 0 Å². The van der Waals surface area contributed by atoms with E-state index in [2.05, 4.69) is 34.2 Å². The van der Waals surface area contributed by atoms with Gasteiger partial charge >= 0.3 is 0 Å². The van der Waals surface area contributed by atoms with Gasteiger partial charge in [0, 0.05) is 30.1 Å². The molecule has 0 radical (unpaired) electrons. The lowest BCUT2D eigenvalue weighted by atomic mass is 10.1. The van der Waals surface area contributed by atoms with Gasteiger partial charge in [0.05, 0.1) is 22.0 Å². The first-order valence-corrected chi connectivity index (χ1v) is 12.3. The zero-order chi connectivity index (χ0) is 23.6. The summed E-state index contributed by atoms with van der Waals surface area (Å²) in [4.78, 5) is 28.5. The van der Waals surface area contributed by atoms with Gasteiger partial charge in [-0.1, -0.05) is 66.7 Å².